The third kappa shape index (κ3) is 3.25. The SMILES string of the molecule is CC1CN(C(=O)CN2CC(N)Cc3ccccc32)CC(C)O1. The Hall–Kier alpha value is -1.59. The third-order valence-electron chi connectivity index (χ3n) is 4.37. The van der Waals surface area contributed by atoms with Crippen LogP contribution >= 0.6 is 0 Å². The lowest BCUT2D eigenvalue weighted by atomic mass is 9.98. The highest BCUT2D eigenvalue weighted by molar-refractivity contribution is 5.82. The molecule has 3 atom stereocenters. The summed E-state index contributed by atoms with van der Waals surface area (Å²) in [6, 6.07) is 8.32. The number of para-hydroxylation sites is 1. The highest BCUT2D eigenvalue weighted by Crippen LogP contribution is 2.26. The Bertz CT molecular complexity index is 538. The molecule has 1 aromatic carbocycles. The van der Waals surface area contributed by atoms with Crippen molar-refractivity contribution in [1.82, 2.24) is 4.90 Å². The van der Waals surface area contributed by atoms with Gasteiger partial charge >= 0.3 is 0 Å². The fourth-order valence-corrected chi connectivity index (χ4v) is 3.51. The van der Waals surface area contributed by atoms with Gasteiger partial charge in [0.05, 0.1) is 18.8 Å². The summed E-state index contributed by atoms with van der Waals surface area (Å²) in [5.74, 6) is 0.158. The monoisotopic (exact) mass is 303 g/mol. The molecule has 2 N–H and O–H groups in total. The zero-order valence-corrected chi connectivity index (χ0v) is 13.4. The molecule has 0 aliphatic carbocycles. The number of morpholine rings is 1. The quantitative estimate of drug-likeness (QED) is 0.886. The molecule has 22 heavy (non-hydrogen) atoms. The van der Waals surface area contributed by atoms with Gasteiger partial charge in [-0.1, -0.05) is 18.2 Å². The second-order valence-electron chi connectivity index (χ2n) is 6.53. The highest BCUT2D eigenvalue weighted by Gasteiger charge is 2.29. The van der Waals surface area contributed by atoms with E-state index in [-0.39, 0.29) is 24.2 Å². The first kappa shape index (κ1) is 15.3. The van der Waals surface area contributed by atoms with Crippen LogP contribution in [0.5, 0.6) is 0 Å². The minimum atomic E-state index is 0.0882. The molecule has 120 valence electrons. The second kappa shape index (κ2) is 6.26. The van der Waals surface area contributed by atoms with Gasteiger partial charge in [0.25, 0.3) is 0 Å². The van der Waals surface area contributed by atoms with Crippen LogP contribution in [0.1, 0.15) is 19.4 Å². The number of hydrogen-bond donors (Lipinski definition) is 1. The molecule has 0 aromatic heterocycles. The fraction of sp³-hybridized carbons (Fsp3) is 0.588. The first-order valence-corrected chi connectivity index (χ1v) is 8.04. The van der Waals surface area contributed by atoms with Crippen LogP contribution in [0.2, 0.25) is 0 Å². The van der Waals surface area contributed by atoms with Crippen LogP contribution in [0, 0.1) is 0 Å². The molecule has 2 aliphatic heterocycles. The van der Waals surface area contributed by atoms with E-state index in [9.17, 15) is 4.79 Å². The number of amides is 1. The van der Waals surface area contributed by atoms with Crippen molar-refractivity contribution in [3.8, 4) is 0 Å². The summed E-state index contributed by atoms with van der Waals surface area (Å²) in [6.07, 6.45) is 1.08. The maximum absolute atomic E-state index is 12.7. The van der Waals surface area contributed by atoms with E-state index in [0.29, 0.717) is 19.6 Å². The van der Waals surface area contributed by atoms with Crippen molar-refractivity contribution in [2.45, 2.75) is 38.5 Å². The maximum atomic E-state index is 12.7. The molecule has 1 amide bonds. The van der Waals surface area contributed by atoms with Crippen molar-refractivity contribution in [2.75, 3.05) is 31.1 Å². The minimum Gasteiger partial charge on any atom is -0.372 e. The number of hydrogen-bond acceptors (Lipinski definition) is 4. The smallest absolute Gasteiger partial charge is 0.242 e. The molecule has 5 nitrogen and oxygen atoms in total. The number of nitrogens with zero attached hydrogens (tertiary/aromatic N) is 2. The van der Waals surface area contributed by atoms with E-state index < -0.39 is 0 Å². The van der Waals surface area contributed by atoms with Crippen LogP contribution in [0.4, 0.5) is 5.69 Å². The minimum absolute atomic E-state index is 0.0882. The molecule has 2 aliphatic rings. The van der Waals surface area contributed by atoms with Crippen LogP contribution in [0.25, 0.3) is 0 Å². The van der Waals surface area contributed by atoms with Crippen molar-refractivity contribution in [2.24, 2.45) is 5.73 Å². The van der Waals surface area contributed by atoms with Crippen LogP contribution < -0.4 is 10.6 Å². The number of ether oxygens (including phenoxy) is 1. The molecule has 1 fully saturated rings. The molecule has 0 saturated carbocycles. The van der Waals surface area contributed by atoms with Gasteiger partial charge in [0, 0.05) is 31.4 Å². The lowest BCUT2D eigenvalue weighted by Crippen LogP contribution is -2.53. The molecule has 3 unspecified atom stereocenters. The van der Waals surface area contributed by atoms with Gasteiger partial charge in [0.15, 0.2) is 0 Å². The van der Waals surface area contributed by atoms with Crippen LogP contribution in [0.15, 0.2) is 24.3 Å². The van der Waals surface area contributed by atoms with Crippen molar-refractivity contribution in [3.63, 3.8) is 0 Å². The normalized spacial score (nSPS) is 28.4. The summed E-state index contributed by atoms with van der Waals surface area (Å²) in [5.41, 5.74) is 8.53. The van der Waals surface area contributed by atoms with Gasteiger partial charge in [-0.3, -0.25) is 4.79 Å². The van der Waals surface area contributed by atoms with Gasteiger partial charge < -0.3 is 20.3 Å². The van der Waals surface area contributed by atoms with E-state index in [1.807, 2.05) is 30.9 Å². The van der Waals surface area contributed by atoms with Crippen molar-refractivity contribution in [1.29, 1.82) is 0 Å². The molecular weight excluding hydrogens is 278 g/mol. The van der Waals surface area contributed by atoms with Crippen LogP contribution in [0.3, 0.4) is 0 Å². The van der Waals surface area contributed by atoms with Gasteiger partial charge in [-0.15, -0.1) is 0 Å². The highest BCUT2D eigenvalue weighted by atomic mass is 16.5. The van der Waals surface area contributed by atoms with Crippen molar-refractivity contribution >= 4 is 11.6 Å². The first-order valence-electron chi connectivity index (χ1n) is 8.04. The number of nitrogens with two attached hydrogens (primary N) is 1. The van der Waals surface area contributed by atoms with E-state index in [1.54, 1.807) is 0 Å². The lowest BCUT2D eigenvalue weighted by molar-refractivity contribution is -0.141. The predicted octanol–water partition coefficient (Wildman–Crippen LogP) is 1.01. The Labute approximate surface area is 132 Å². The number of benzene rings is 1. The zero-order valence-electron chi connectivity index (χ0n) is 13.4. The first-order chi connectivity index (χ1) is 10.5. The van der Waals surface area contributed by atoms with Crippen molar-refractivity contribution < 1.29 is 9.53 Å². The number of carbonyl (C=O) groups is 1. The van der Waals surface area contributed by atoms with Gasteiger partial charge in [-0.2, -0.15) is 0 Å². The number of anilines is 1. The topological polar surface area (TPSA) is 58.8 Å². The molecule has 2 heterocycles. The van der Waals surface area contributed by atoms with E-state index >= 15 is 0 Å². The van der Waals surface area contributed by atoms with E-state index in [2.05, 4.69) is 17.0 Å². The van der Waals surface area contributed by atoms with Gasteiger partial charge in [-0.25, -0.2) is 0 Å². The van der Waals surface area contributed by atoms with Crippen LogP contribution in [-0.2, 0) is 16.0 Å². The summed E-state index contributed by atoms with van der Waals surface area (Å²) in [4.78, 5) is 16.7. The van der Waals surface area contributed by atoms with Crippen molar-refractivity contribution in [3.05, 3.63) is 29.8 Å². The molecular formula is C17H25N3O2. The summed E-state index contributed by atoms with van der Waals surface area (Å²) >= 11 is 0. The van der Waals surface area contributed by atoms with E-state index in [1.165, 1.54) is 5.56 Å². The molecule has 1 saturated heterocycles. The number of rotatable bonds is 2. The molecule has 0 radical (unpaired) electrons. The Balaban J connectivity index is 1.71. The predicted molar refractivity (Wildman–Crippen MR) is 86.9 cm³/mol. The third-order valence-corrected chi connectivity index (χ3v) is 4.37. The van der Waals surface area contributed by atoms with Gasteiger partial charge in [0.1, 0.15) is 0 Å². The van der Waals surface area contributed by atoms with Gasteiger partial charge in [0.2, 0.25) is 5.91 Å². The average molecular weight is 303 g/mol. The Kier molecular flexibility index (Phi) is 4.36. The summed E-state index contributed by atoms with van der Waals surface area (Å²) < 4.78 is 5.70. The summed E-state index contributed by atoms with van der Waals surface area (Å²) in [6.45, 7) is 6.50. The lowest BCUT2D eigenvalue weighted by Gasteiger charge is -2.39. The Morgan fingerprint density at radius 3 is 2.64 bits per heavy atom. The Morgan fingerprint density at radius 1 is 1.23 bits per heavy atom. The standard InChI is InChI=1S/C17H25N3O2/c1-12-8-20(9-13(2)22-12)17(21)11-19-10-15(18)7-14-5-3-4-6-16(14)19/h3-6,12-13,15H,7-11,18H2,1-2H3. The second-order valence-corrected chi connectivity index (χ2v) is 6.53. The molecule has 5 heteroatoms. The molecule has 0 spiro atoms. The fourth-order valence-electron chi connectivity index (χ4n) is 3.51. The maximum Gasteiger partial charge on any atom is 0.242 e. The largest absolute Gasteiger partial charge is 0.372 e. The van der Waals surface area contributed by atoms with Crippen LogP contribution in [-0.4, -0.2) is 55.2 Å². The molecule has 1 aromatic rings. The summed E-state index contributed by atoms with van der Waals surface area (Å²) in [5, 5.41) is 0. The number of carbonyl (C=O) groups excluding carboxylic acids is 1. The summed E-state index contributed by atoms with van der Waals surface area (Å²) in [7, 11) is 0. The Morgan fingerprint density at radius 2 is 1.91 bits per heavy atom. The number of fused-ring (bicyclic) bond motifs is 1. The average Bonchev–Trinajstić information content (AvgIpc) is 2.46. The zero-order chi connectivity index (χ0) is 15.7. The van der Waals surface area contributed by atoms with Gasteiger partial charge in [-0.05, 0) is 31.9 Å². The van der Waals surface area contributed by atoms with E-state index in [0.717, 1.165) is 18.7 Å². The molecule has 0 bridgehead atoms. The van der Waals surface area contributed by atoms with E-state index in [4.69, 9.17) is 10.5 Å². The molecule has 3 rings (SSSR count).